The van der Waals surface area contributed by atoms with E-state index < -0.39 is 5.60 Å². The van der Waals surface area contributed by atoms with Crippen LogP contribution < -0.4 is 10.1 Å². The van der Waals surface area contributed by atoms with Crippen molar-refractivity contribution in [3.8, 4) is 5.88 Å². The lowest BCUT2D eigenvalue weighted by molar-refractivity contribution is 0.0712. The fraction of sp³-hybridized carbons (Fsp3) is 0.250. The van der Waals surface area contributed by atoms with Crippen molar-refractivity contribution in [3.63, 3.8) is 0 Å². The predicted molar refractivity (Wildman–Crippen MR) is 88.1 cm³/mol. The van der Waals surface area contributed by atoms with Crippen LogP contribution in [-0.4, -0.2) is 34.4 Å². The van der Waals surface area contributed by atoms with Crippen molar-refractivity contribution in [1.29, 1.82) is 0 Å². The minimum absolute atomic E-state index is 0.00999. The second-order valence-corrected chi connectivity index (χ2v) is 6.21. The molecule has 3 heterocycles. The van der Waals surface area contributed by atoms with Gasteiger partial charge in [-0.15, -0.1) is 16.4 Å². The van der Waals surface area contributed by atoms with Crippen LogP contribution in [0, 0.1) is 0 Å². The molecule has 0 bridgehead atoms. The average molecular weight is 347 g/mol. The van der Waals surface area contributed by atoms with Crippen molar-refractivity contribution < 1.29 is 19.1 Å². The summed E-state index contributed by atoms with van der Waals surface area (Å²) >= 11 is 1.40. The largest absolute Gasteiger partial charge is 0.479 e. The Labute approximate surface area is 142 Å². The van der Waals surface area contributed by atoms with Gasteiger partial charge in [0.1, 0.15) is 11.2 Å². The fourth-order valence-corrected chi connectivity index (χ4v) is 3.27. The van der Waals surface area contributed by atoms with Crippen LogP contribution in [-0.2, 0) is 12.6 Å². The molecule has 24 heavy (non-hydrogen) atoms. The maximum Gasteiger partial charge on any atom is 0.258 e. The maximum absolute atomic E-state index is 12.4. The Morgan fingerprint density at radius 3 is 3.00 bits per heavy atom. The number of nitrogens with zero attached hydrogens (tertiary/aromatic N) is 2. The molecule has 3 rings (SSSR count). The number of methoxy groups -OCH3 is 1. The Morgan fingerprint density at radius 2 is 2.38 bits per heavy atom. The van der Waals surface area contributed by atoms with Crippen LogP contribution in [0.15, 0.2) is 46.7 Å². The van der Waals surface area contributed by atoms with Crippen molar-refractivity contribution in [1.82, 2.24) is 15.1 Å². The van der Waals surface area contributed by atoms with Gasteiger partial charge in [-0.25, -0.2) is 0 Å². The lowest BCUT2D eigenvalue weighted by Gasteiger charge is -2.26. The van der Waals surface area contributed by atoms with Gasteiger partial charge in [0.25, 0.3) is 5.91 Å². The molecule has 0 aliphatic rings. The number of amides is 1. The molecule has 1 amide bonds. The first-order valence-corrected chi connectivity index (χ1v) is 8.07. The van der Waals surface area contributed by atoms with Crippen LogP contribution in [0.1, 0.15) is 20.8 Å². The van der Waals surface area contributed by atoms with E-state index >= 15 is 0 Å². The summed E-state index contributed by atoms with van der Waals surface area (Å²) in [4.78, 5) is 13.2. The molecule has 0 saturated heterocycles. The molecule has 0 fully saturated rings. The van der Waals surface area contributed by atoms with Gasteiger partial charge in [-0.1, -0.05) is 6.07 Å². The molecule has 0 aromatic carbocycles. The standard InChI is InChI=1S/C16H17N3O4S/c1-19-8-12(15(18-19)22-2)14(20)17-10-16(21,11-5-6-23-9-11)13-4-3-7-24-13/h3-9,21H,10H2,1-2H3,(H,17,20)/t16-/m1/s1. The Hall–Kier alpha value is -2.58. The van der Waals surface area contributed by atoms with E-state index in [0.29, 0.717) is 16.0 Å². The Kier molecular flexibility index (Phi) is 4.41. The number of aliphatic hydroxyl groups is 1. The number of nitrogens with one attached hydrogen (secondary N) is 1. The molecule has 3 aromatic heterocycles. The van der Waals surface area contributed by atoms with Crippen LogP contribution >= 0.6 is 11.3 Å². The highest BCUT2D eigenvalue weighted by Crippen LogP contribution is 2.32. The smallest absolute Gasteiger partial charge is 0.258 e. The molecule has 2 N–H and O–H groups in total. The molecular weight excluding hydrogens is 330 g/mol. The minimum atomic E-state index is -1.37. The predicted octanol–water partition coefficient (Wildman–Crippen LogP) is 1.75. The Bertz CT molecular complexity index is 774. The fourth-order valence-electron chi connectivity index (χ4n) is 2.42. The van der Waals surface area contributed by atoms with Crippen LogP contribution in [0.4, 0.5) is 0 Å². The SMILES string of the molecule is COc1nn(C)cc1C(=O)NC[C@@](O)(c1ccoc1)c1cccs1. The number of thiophene rings is 1. The Morgan fingerprint density at radius 1 is 1.54 bits per heavy atom. The molecule has 126 valence electrons. The highest BCUT2D eigenvalue weighted by atomic mass is 32.1. The van der Waals surface area contributed by atoms with Crippen LogP contribution in [0.3, 0.4) is 0 Å². The highest BCUT2D eigenvalue weighted by Gasteiger charge is 2.34. The second-order valence-electron chi connectivity index (χ2n) is 5.26. The quantitative estimate of drug-likeness (QED) is 0.709. The summed E-state index contributed by atoms with van der Waals surface area (Å²) in [5.74, 6) is -0.142. The number of aryl methyl sites for hydroxylation is 1. The minimum Gasteiger partial charge on any atom is -0.479 e. The van der Waals surface area contributed by atoms with E-state index in [4.69, 9.17) is 9.15 Å². The van der Waals surface area contributed by atoms with Crippen molar-refractivity contribution in [2.45, 2.75) is 5.60 Å². The molecule has 1 atom stereocenters. The number of aromatic nitrogens is 2. The van der Waals surface area contributed by atoms with Crippen LogP contribution in [0.25, 0.3) is 0 Å². The van der Waals surface area contributed by atoms with E-state index in [9.17, 15) is 9.90 Å². The van der Waals surface area contributed by atoms with E-state index in [2.05, 4.69) is 10.4 Å². The van der Waals surface area contributed by atoms with Gasteiger partial charge in [-0.05, 0) is 17.5 Å². The van der Waals surface area contributed by atoms with Crippen molar-refractivity contribution in [2.24, 2.45) is 7.05 Å². The molecule has 0 radical (unpaired) electrons. The number of carbonyl (C=O) groups is 1. The second kappa shape index (κ2) is 6.50. The first kappa shape index (κ1) is 16.3. The molecular formula is C16H17N3O4S. The first-order chi connectivity index (χ1) is 11.5. The zero-order valence-electron chi connectivity index (χ0n) is 13.2. The van der Waals surface area contributed by atoms with Crippen molar-refractivity contribution in [3.05, 3.63) is 58.3 Å². The average Bonchev–Trinajstić information content (AvgIpc) is 3.32. The number of ether oxygens (including phenoxy) is 1. The monoisotopic (exact) mass is 347 g/mol. The molecule has 3 aromatic rings. The summed E-state index contributed by atoms with van der Waals surface area (Å²) in [5.41, 5.74) is -0.490. The van der Waals surface area contributed by atoms with E-state index in [1.807, 2.05) is 17.5 Å². The zero-order chi connectivity index (χ0) is 17.2. The van der Waals surface area contributed by atoms with Gasteiger partial charge >= 0.3 is 0 Å². The molecule has 0 aliphatic carbocycles. The molecule has 7 nitrogen and oxygen atoms in total. The molecule has 8 heteroatoms. The summed E-state index contributed by atoms with van der Waals surface area (Å²) in [6, 6.07) is 5.34. The van der Waals surface area contributed by atoms with Gasteiger partial charge < -0.3 is 19.6 Å². The van der Waals surface area contributed by atoms with Crippen molar-refractivity contribution in [2.75, 3.05) is 13.7 Å². The van der Waals surface area contributed by atoms with Crippen molar-refractivity contribution >= 4 is 17.2 Å². The third-order valence-electron chi connectivity index (χ3n) is 3.67. The number of rotatable bonds is 6. The normalized spacial score (nSPS) is 13.5. The summed E-state index contributed by atoms with van der Waals surface area (Å²) in [5, 5.41) is 19.8. The summed E-state index contributed by atoms with van der Waals surface area (Å²) in [7, 11) is 3.15. The highest BCUT2D eigenvalue weighted by molar-refractivity contribution is 7.10. The Balaban J connectivity index is 1.83. The van der Waals surface area contributed by atoms with Gasteiger partial charge in [0, 0.05) is 23.7 Å². The van der Waals surface area contributed by atoms with E-state index in [-0.39, 0.29) is 18.3 Å². The van der Waals surface area contributed by atoms with E-state index in [1.165, 1.54) is 35.7 Å². The summed E-state index contributed by atoms with van der Waals surface area (Å²) in [6.07, 6.45) is 4.52. The molecule has 0 unspecified atom stereocenters. The van der Waals surface area contributed by atoms with Gasteiger partial charge in [0.2, 0.25) is 5.88 Å². The van der Waals surface area contributed by atoms with Gasteiger partial charge in [0.05, 0.1) is 26.2 Å². The van der Waals surface area contributed by atoms with Crippen LogP contribution in [0.2, 0.25) is 0 Å². The maximum atomic E-state index is 12.4. The summed E-state index contributed by atoms with van der Waals surface area (Å²) < 4.78 is 11.7. The lowest BCUT2D eigenvalue weighted by Crippen LogP contribution is -2.41. The van der Waals surface area contributed by atoms with Crippen LogP contribution in [0.5, 0.6) is 5.88 Å². The first-order valence-electron chi connectivity index (χ1n) is 7.19. The zero-order valence-corrected chi connectivity index (χ0v) is 14.0. The number of hydrogen-bond acceptors (Lipinski definition) is 6. The number of carbonyl (C=O) groups excluding carboxylic acids is 1. The third-order valence-corrected chi connectivity index (χ3v) is 4.69. The summed E-state index contributed by atoms with van der Waals surface area (Å²) in [6.45, 7) is -0.00999. The molecule has 0 saturated carbocycles. The molecule has 0 spiro atoms. The number of furan rings is 1. The van der Waals surface area contributed by atoms with Gasteiger partial charge in [-0.3, -0.25) is 9.48 Å². The van der Waals surface area contributed by atoms with Gasteiger partial charge in [0.15, 0.2) is 0 Å². The van der Waals surface area contributed by atoms with E-state index in [0.717, 1.165) is 0 Å². The third kappa shape index (κ3) is 2.93. The topological polar surface area (TPSA) is 89.5 Å². The molecule has 0 aliphatic heterocycles. The van der Waals surface area contributed by atoms with E-state index in [1.54, 1.807) is 19.3 Å². The number of hydrogen-bond donors (Lipinski definition) is 2. The lowest BCUT2D eigenvalue weighted by atomic mass is 9.94. The van der Waals surface area contributed by atoms with Gasteiger partial charge in [-0.2, -0.15) is 0 Å².